The van der Waals surface area contributed by atoms with Crippen molar-refractivity contribution in [3.05, 3.63) is 20.8 Å². The number of carbonyl (C=O) groups is 1. The van der Waals surface area contributed by atoms with E-state index in [9.17, 15) is 13.2 Å². The monoisotopic (exact) mass is 365 g/mol. The van der Waals surface area contributed by atoms with Crippen molar-refractivity contribution in [3.8, 4) is 0 Å². The second-order valence-corrected chi connectivity index (χ2v) is 9.17. The van der Waals surface area contributed by atoms with Crippen molar-refractivity contribution < 1.29 is 13.2 Å². The van der Waals surface area contributed by atoms with Gasteiger partial charge in [0.2, 0.25) is 10.0 Å². The van der Waals surface area contributed by atoms with E-state index < -0.39 is 10.0 Å². The lowest BCUT2D eigenvalue weighted by Gasteiger charge is -2.30. The van der Waals surface area contributed by atoms with Crippen LogP contribution in [0, 0.1) is 5.92 Å². The molecule has 0 aromatic carbocycles. The molecule has 0 bridgehead atoms. The Balaban J connectivity index is 1.98. The van der Waals surface area contributed by atoms with E-state index in [4.69, 9.17) is 0 Å². The van der Waals surface area contributed by atoms with Gasteiger partial charge in [-0.25, -0.2) is 12.7 Å². The van der Waals surface area contributed by atoms with E-state index in [1.807, 2.05) is 11.4 Å². The number of rotatable bonds is 4. The van der Waals surface area contributed by atoms with Crippen LogP contribution in [0.25, 0.3) is 0 Å². The molecule has 4 nitrogen and oxygen atoms in total. The Labute approximate surface area is 126 Å². The zero-order chi connectivity index (χ0) is 14.0. The number of sulfonamides is 1. The molecule has 7 heteroatoms. The molecule has 106 valence electrons. The summed E-state index contributed by atoms with van der Waals surface area (Å²) < 4.78 is 25.5. The number of Topliss-reactive ketones (excluding diaryl/α,β-unsaturated/α-hetero) is 1. The van der Waals surface area contributed by atoms with Crippen molar-refractivity contribution >= 4 is 43.1 Å². The van der Waals surface area contributed by atoms with Gasteiger partial charge in [-0.3, -0.25) is 4.79 Å². The van der Waals surface area contributed by atoms with Gasteiger partial charge in [0.1, 0.15) is 0 Å². The smallest absolute Gasteiger partial charge is 0.211 e. The normalized spacial score (nSPS) is 21.5. The summed E-state index contributed by atoms with van der Waals surface area (Å²) >= 11 is 4.83. The molecule has 1 aliphatic rings. The first-order valence-corrected chi connectivity index (χ1v) is 9.60. The number of thiophene rings is 1. The Bertz CT molecular complexity index is 567. The van der Waals surface area contributed by atoms with Crippen LogP contribution in [0.5, 0.6) is 0 Å². The highest BCUT2D eigenvalue weighted by Gasteiger charge is 2.27. The molecule has 2 rings (SSSR count). The molecule has 0 aliphatic carbocycles. The molecule has 0 amide bonds. The Morgan fingerprint density at radius 3 is 2.89 bits per heavy atom. The molecular formula is C12H16BrNO3S2. The first-order chi connectivity index (χ1) is 8.86. The number of carbonyl (C=O) groups excluding carboxylic acids is 1. The molecule has 1 unspecified atom stereocenters. The van der Waals surface area contributed by atoms with Crippen LogP contribution < -0.4 is 0 Å². The summed E-state index contributed by atoms with van der Waals surface area (Å²) in [5.74, 6) is 0.233. The third-order valence-electron chi connectivity index (χ3n) is 3.31. The molecule has 0 spiro atoms. The van der Waals surface area contributed by atoms with Crippen LogP contribution in [0.1, 0.15) is 29.6 Å². The van der Waals surface area contributed by atoms with Gasteiger partial charge >= 0.3 is 0 Å². The molecule has 1 saturated heterocycles. The third kappa shape index (κ3) is 4.11. The maximum absolute atomic E-state index is 12.1. The minimum atomic E-state index is -3.14. The number of piperidine rings is 1. The zero-order valence-corrected chi connectivity index (χ0v) is 13.9. The Morgan fingerprint density at radius 2 is 2.32 bits per heavy atom. The van der Waals surface area contributed by atoms with Crippen molar-refractivity contribution in [2.24, 2.45) is 5.92 Å². The molecule has 1 aromatic rings. The van der Waals surface area contributed by atoms with Crippen molar-refractivity contribution in [2.45, 2.75) is 19.3 Å². The molecule has 1 fully saturated rings. The lowest BCUT2D eigenvalue weighted by atomic mass is 9.92. The molecule has 1 aliphatic heterocycles. The first-order valence-electron chi connectivity index (χ1n) is 6.08. The van der Waals surface area contributed by atoms with Crippen LogP contribution >= 0.6 is 27.3 Å². The largest absolute Gasteiger partial charge is 0.294 e. The predicted molar refractivity (Wildman–Crippen MR) is 80.1 cm³/mol. The molecule has 19 heavy (non-hydrogen) atoms. The molecule has 1 atom stereocenters. The van der Waals surface area contributed by atoms with E-state index in [0.29, 0.717) is 25.1 Å². The van der Waals surface area contributed by atoms with Gasteiger partial charge in [0, 0.05) is 30.5 Å². The summed E-state index contributed by atoms with van der Waals surface area (Å²) in [6.45, 7) is 1.05. The average molecular weight is 366 g/mol. The van der Waals surface area contributed by atoms with Crippen LogP contribution in [-0.4, -0.2) is 37.9 Å². The Kier molecular flexibility index (Phi) is 4.81. The standard InChI is InChI=1S/C12H16BrNO3S2/c1-19(16,17)14-4-2-3-9(7-14)5-11(15)10-6-12(13)18-8-10/h6,8-9H,2-5,7H2,1H3. The summed E-state index contributed by atoms with van der Waals surface area (Å²) in [7, 11) is -3.14. The van der Waals surface area contributed by atoms with Crippen molar-refractivity contribution in [2.75, 3.05) is 19.3 Å². The van der Waals surface area contributed by atoms with Gasteiger partial charge in [-0.2, -0.15) is 0 Å². The van der Waals surface area contributed by atoms with Crippen LogP contribution in [0.15, 0.2) is 15.2 Å². The molecule has 1 aromatic heterocycles. The highest BCUT2D eigenvalue weighted by Crippen LogP contribution is 2.26. The number of halogens is 1. The van der Waals surface area contributed by atoms with Gasteiger partial charge < -0.3 is 0 Å². The third-order valence-corrected chi connectivity index (χ3v) is 6.09. The van der Waals surface area contributed by atoms with Crippen LogP contribution in [-0.2, 0) is 10.0 Å². The predicted octanol–water partition coefficient (Wildman–Crippen LogP) is 2.76. The topological polar surface area (TPSA) is 54.5 Å². The maximum Gasteiger partial charge on any atom is 0.211 e. The van der Waals surface area contributed by atoms with E-state index in [1.54, 1.807) is 0 Å². The van der Waals surface area contributed by atoms with Gasteiger partial charge in [0.25, 0.3) is 0 Å². The summed E-state index contributed by atoms with van der Waals surface area (Å²) in [5.41, 5.74) is 0.716. The molecule has 0 saturated carbocycles. The summed E-state index contributed by atoms with van der Waals surface area (Å²) in [6.07, 6.45) is 3.41. The van der Waals surface area contributed by atoms with Crippen LogP contribution in [0.4, 0.5) is 0 Å². The van der Waals surface area contributed by atoms with E-state index in [-0.39, 0.29) is 11.7 Å². The van der Waals surface area contributed by atoms with E-state index in [2.05, 4.69) is 15.9 Å². The quantitative estimate of drug-likeness (QED) is 0.770. The number of hydrogen-bond donors (Lipinski definition) is 0. The Hall–Kier alpha value is -0.240. The van der Waals surface area contributed by atoms with E-state index in [1.165, 1.54) is 21.9 Å². The Morgan fingerprint density at radius 1 is 1.58 bits per heavy atom. The summed E-state index contributed by atoms with van der Waals surface area (Å²) in [5, 5.41) is 1.84. The van der Waals surface area contributed by atoms with Gasteiger partial charge in [-0.05, 0) is 40.8 Å². The van der Waals surface area contributed by atoms with Crippen LogP contribution in [0.3, 0.4) is 0 Å². The fraction of sp³-hybridized carbons (Fsp3) is 0.583. The van der Waals surface area contributed by atoms with Crippen molar-refractivity contribution in [1.29, 1.82) is 0 Å². The maximum atomic E-state index is 12.1. The second kappa shape index (κ2) is 6.03. The highest BCUT2D eigenvalue weighted by atomic mass is 79.9. The van der Waals surface area contributed by atoms with Gasteiger partial charge in [0.05, 0.1) is 10.0 Å². The van der Waals surface area contributed by atoms with E-state index in [0.717, 1.165) is 16.6 Å². The van der Waals surface area contributed by atoms with Gasteiger partial charge in [0.15, 0.2) is 5.78 Å². The molecule has 2 heterocycles. The van der Waals surface area contributed by atoms with Crippen molar-refractivity contribution in [3.63, 3.8) is 0 Å². The van der Waals surface area contributed by atoms with Crippen molar-refractivity contribution in [1.82, 2.24) is 4.31 Å². The fourth-order valence-corrected chi connectivity index (χ4v) is 4.43. The summed E-state index contributed by atoms with van der Waals surface area (Å²) in [4.78, 5) is 12.1. The zero-order valence-electron chi connectivity index (χ0n) is 10.6. The first kappa shape index (κ1) is 15.2. The van der Waals surface area contributed by atoms with Gasteiger partial charge in [-0.15, -0.1) is 11.3 Å². The molecule has 0 radical (unpaired) electrons. The minimum absolute atomic E-state index is 0.0994. The average Bonchev–Trinajstić information content (AvgIpc) is 2.75. The van der Waals surface area contributed by atoms with Gasteiger partial charge in [-0.1, -0.05) is 0 Å². The van der Waals surface area contributed by atoms with E-state index >= 15 is 0 Å². The fourth-order valence-electron chi connectivity index (χ4n) is 2.33. The SMILES string of the molecule is CS(=O)(=O)N1CCCC(CC(=O)c2csc(Br)c2)C1. The molecule has 0 N–H and O–H groups in total. The van der Waals surface area contributed by atoms with Crippen LogP contribution in [0.2, 0.25) is 0 Å². The lowest BCUT2D eigenvalue weighted by molar-refractivity contribution is 0.0943. The minimum Gasteiger partial charge on any atom is -0.294 e. The molecular weight excluding hydrogens is 350 g/mol. The highest BCUT2D eigenvalue weighted by molar-refractivity contribution is 9.11. The number of hydrogen-bond acceptors (Lipinski definition) is 4. The lowest BCUT2D eigenvalue weighted by Crippen LogP contribution is -2.39. The number of ketones is 1. The number of nitrogens with zero attached hydrogens (tertiary/aromatic N) is 1. The summed E-state index contributed by atoms with van der Waals surface area (Å²) in [6, 6.07) is 1.82. The second-order valence-electron chi connectivity index (χ2n) is 4.90.